The monoisotopic (exact) mass is 338 g/mol. The molecule has 1 atom stereocenters. The maximum atomic E-state index is 5.26. The molecule has 3 heteroatoms. The fourth-order valence-electron chi connectivity index (χ4n) is 3.57. The van der Waals surface area contributed by atoms with Crippen molar-refractivity contribution in [1.29, 1.82) is 0 Å². The van der Waals surface area contributed by atoms with Crippen molar-refractivity contribution >= 4 is 6.21 Å². The van der Waals surface area contributed by atoms with Crippen LogP contribution in [0.25, 0.3) is 0 Å². The first-order chi connectivity index (χ1) is 11.9. The second kappa shape index (κ2) is 15.9. The number of rotatable bonds is 16. The molecular weight excluding hydrogens is 296 g/mol. The third-order valence-electron chi connectivity index (χ3n) is 5.12. The van der Waals surface area contributed by atoms with Crippen molar-refractivity contribution in [3.8, 4) is 0 Å². The van der Waals surface area contributed by atoms with Crippen molar-refractivity contribution in [2.75, 3.05) is 20.3 Å². The van der Waals surface area contributed by atoms with Crippen LogP contribution in [-0.2, 0) is 4.74 Å². The lowest BCUT2D eigenvalue weighted by Crippen LogP contribution is -2.28. The summed E-state index contributed by atoms with van der Waals surface area (Å²) in [5.41, 5.74) is 0. The maximum absolute atomic E-state index is 5.26. The van der Waals surface area contributed by atoms with Gasteiger partial charge in [-0.15, -0.1) is 0 Å². The normalized spacial score (nSPS) is 18.1. The van der Waals surface area contributed by atoms with Gasteiger partial charge in [-0.1, -0.05) is 77.6 Å². The summed E-state index contributed by atoms with van der Waals surface area (Å²) in [4.78, 5) is 0. The minimum Gasteiger partial charge on any atom is -0.382 e. The lowest BCUT2D eigenvalue weighted by Gasteiger charge is -2.20. The molecule has 0 aliphatic carbocycles. The number of unbranched alkanes of at least 4 members (excludes halogenated alkanes) is 12. The van der Waals surface area contributed by atoms with E-state index in [0.29, 0.717) is 6.04 Å². The molecular formula is C21H42N2O. The third kappa shape index (κ3) is 11.1. The highest BCUT2D eigenvalue weighted by Gasteiger charge is 2.22. The Hall–Kier alpha value is -0.570. The molecule has 0 aromatic rings. The van der Waals surface area contributed by atoms with Crippen LogP contribution in [-0.4, -0.2) is 37.5 Å². The summed E-state index contributed by atoms with van der Waals surface area (Å²) in [7, 11) is 1.78. The number of ether oxygens (including phenoxy) is 1. The largest absolute Gasteiger partial charge is 0.382 e. The number of nitrogens with zero attached hydrogens (tertiary/aromatic N) is 2. The molecule has 0 aromatic heterocycles. The molecule has 0 amide bonds. The van der Waals surface area contributed by atoms with Gasteiger partial charge < -0.3 is 4.74 Å². The first kappa shape index (κ1) is 21.5. The summed E-state index contributed by atoms with van der Waals surface area (Å²) in [5.74, 6) is 0. The maximum Gasteiger partial charge on any atom is 0.0704 e. The Balaban J connectivity index is 1.83. The topological polar surface area (TPSA) is 24.8 Å². The van der Waals surface area contributed by atoms with E-state index in [9.17, 15) is 0 Å². The van der Waals surface area contributed by atoms with E-state index in [1.807, 2.05) is 0 Å². The number of hydrogen-bond donors (Lipinski definition) is 0. The van der Waals surface area contributed by atoms with Gasteiger partial charge in [0.05, 0.1) is 12.6 Å². The Morgan fingerprint density at radius 3 is 2.08 bits per heavy atom. The zero-order valence-corrected chi connectivity index (χ0v) is 16.5. The van der Waals surface area contributed by atoms with Crippen LogP contribution in [0.15, 0.2) is 5.10 Å². The van der Waals surface area contributed by atoms with Crippen molar-refractivity contribution in [2.24, 2.45) is 5.10 Å². The Kier molecular flexibility index (Phi) is 14.3. The second-order valence-electron chi connectivity index (χ2n) is 7.39. The number of hydrazone groups is 1. The molecule has 1 heterocycles. The fourth-order valence-corrected chi connectivity index (χ4v) is 3.57. The standard InChI is InChI=1S/C21H42N2O/c1-3-4-5-6-7-8-9-10-11-12-13-14-15-18-22-23-19-16-17-21(23)20-24-2/h18,21H,3-17,19-20H2,1-2H3/b22-18+/t21-/m0/s1. The van der Waals surface area contributed by atoms with Gasteiger partial charge in [0.25, 0.3) is 0 Å². The smallest absolute Gasteiger partial charge is 0.0704 e. The van der Waals surface area contributed by atoms with Crippen LogP contribution in [0.1, 0.15) is 103 Å². The molecule has 1 aliphatic rings. The molecule has 0 unspecified atom stereocenters. The zero-order chi connectivity index (χ0) is 17.3. The lowest BCUT2D eigenvalue weighted by molar-refractivity contribution is 0.118. The van der Waals surface area contributed by atoms with Gasteiger partial charge in [-0.3, -0.25) is 5.01 Å². The van der Waals surface area contributed by atoms with Gasteiger partial charge in [0.15, 0.2) is 0 Å². The molecule has 142 valence electrons. The predicted octanol–water partition coefficient (Wildman–Crippen LogP) is 6.17. The minimum absolute atomic E-state index is 0.508. The number of hydrogen-bond acceptors (Lipinski definition) is 3. The lowest BCUT2D eigenvalue weighted by atomic mass is 10.0. The molecule has 1 aliphatic heterocycles. The molecule has 0 radical (unpaired) electrons. The van der Waals surface area contributed by atoms with Crippen LogP contribution >= 0.6 is 0 Å². The number of methoxy groups -OCH3 is 1. The summed E-state index contributed by atoms with van der Waals surface area (Å²) in [5, 5.41) is 6.87. The van der Waals surface area contributed by atoms with Crippen molar-refractivity contribution in [2.45, 2.75) is 109 Å². The Morgan fingerprint density at radius 2 is 1.50 bits per heavy atom. The molecule has 0 N–H and O–H groups in total. The molecule has 0 spiro atoms. The van der Waals surface area contributed by atoms with Crippen LogP contribution in [0.5, 0.6) is 0 Å². The minimum atomic E-state index is 0.508. The van der Waals surface area contributed by atoms with E-state index < -0.39 is 0 Å². The van der Waals surface area contributed by atoms with Crippen molar-refractivity contribution in [3.63, 3.8) is 0 Å². The average Bonchev–Trinajstić information content (AvgIpc) is 3.03. The summed E-state index contributed by atoms with van der Waals surface area (Å²) < 4.78 is 5.26. The van der Waals surface area contributed by atoms with E-state index in [1.165, 1.54) is 89.9 Å². The molecule has 1 fully saturated rings. The van der Waals surface area contributed by atoms with Gasteiger partial charge >= 0.3 is 0 Å². The first-order valence-electron chi connectivity index (χ1n) is 10.7. The van der Waals surface area contributed by atoms with Gasteiger partial charge in [0.2, 0.25) is 0 Å². The van der Waals surface area contributed by atoms with Crippen LogP contribution in [0.2, 0.25) is 0 Å². The first-order valence-corrected chi connectivity index (χ1v) is 10.7. The van der Waals surface area contributed by atoms with Crippen LogP contribution in [0.4, 0.5) is 0 Å². The summed E-state index contributed by atoms with van der Waals surface area (Å²) >= 11 is 0. The van der Waals surface area contributed by atoms with Gasteiger partial charge in [-0.2, -0.15) is 5.10 Å². The molecule has 1 saturated heterocycles. The highest BCUT2D eigenvalue weighted by molar-refractivity contribution is 5.56. The van der Waals surface area contributed by atoms with E-state index >= 15 is 0 Å². The van der Waals surface area contributed by atoms with E-state index in [1.54, 1.807) is 7.11 Å². The summed E-state index contributed by atoms with van der Waals surface area (Å²) in [6, 6.07) is 0.508. The average molecular weight is 339 g/mol. The van der Waals surface area contributed by atoms with Crippen molar-refractivity contribution < 1.29 is 4.74 Å². The molecule has 1 rings (SSSR count). The van der Waals surface area contributed by atoms with E-state index in [4.69, 9.17) is 4.74 Å². The highest BCUT2D eigenvalue weighted by atomic mass is 16.5. The molecule has 3 nitrogen and oxygen atoms in total. The van der Waals surface area contributed by atoms with Crippen molar-refractivity contribution in [1.82, 2.24) is 5.01 Å². The Labute approximate surface area is 151 Å². The predicted molar refractivity (Wildman–Crippen MR) is 106 cm³/mol. The van der Waals surface area contributed by atoms with Gasteiger partial charge in [-0.25, -0.2) is 0 Å². The Bertz CT molecular complexity index is 294. The van der Waals surface area contributed by atoms with Crippen molar-refractivity contribution in [3.05, 3.63) is 0 Å². The van der Waals surface area contributed by atoms with Gasteiger partial charge in [-0.05, 0) is 25.7 Å². The zero-order valence-electron chi connectivity index (χ0n) is 16.5. The van der Waals surface area contributed by atoms with Crippen LogP contribution < -0.4 is 0 Å². The SMILES string of the molecule is CCCCCCCCCCCCCC/C=N/N1CCC[C@H]1COC. The molecule has 0 bridgehead atoms. The molecule has 0 saturated carbocycles. The summed E-state index contributed by atoms with van der Waals surface area (Å²) in [6.07, 6.45) is 22.7. The Morgan fingerprint density at radius 1 is 0.917 bits per heavy atom. The quantitative estimate of drug-likeness (QED) is 0.248. The van der Waals surface area contributed by atoms with Gasteiger partial charge in [0.1, 0.15) is 0 Å². The summed E-state index contributed by atoms with van der Waals surface area (Å²) in [6.45, 7) is 4.20. The van der Waals surface area contributed by atoms with Gasteiger partial charge in [0, 0.05) is 19.9 Å². The molecule has 24 heavy (non-hydrogen) atoms. The van der Waals surface area contributed by atoms with Crippen LogP contribution in [0.3, 0.4) is 0 Å². The fraction of sp³-hybridized carbons (Fsp3) is 0.952. The second-order valence-corrected chi connectivity index (χ2v) is 7.39. The van der Waals surface area contributed by atoms with Crippen LogP contribution in [0, 0.1) is 0 Å². The highest BCUT2D eigenvalue weighted by Crippen LogP contribution is 2.17. The molecule has 0 aromatic carbocycles. The van der Waals surface area contributed by atoms with E-state index in [2.05, 4.69) is 23.2 Å². The van der Waals surface area contributed by atoms with E-state index in [-0.39, 0.29) is 0 Å². The van der Waals surface area contributed by atoms with E-state index in [0.717, 1.165) is 19.6 Å². The third-order valence-corrected chi connectivity index (χ3v) is 5.12.